The molecule has 0 heterocycles. The van der Waals surface area contributed by atoms with E-state index >= 15 is 0 Å². The second-order valence-corrected chi connectivity index (χ2v) is 2.56. The van der Waals surface area contributed by atoms with Gasteiger partial charge in [-0.05, 0) is 19.8 Å². The quantitative estimate of drug-likeness (QED) is 0.595. The number of aliphatic hydroxyl groups is 1. The number of hydrogen-bond donors (Lipinski definition) is 1. The average Bonchev–Trinajstić information content (AvgIpc) is 1.88. The van der Waals surface area contributed by atoms with Crippen LogP contribution in [0.3, 0.4) is 0 Å². The third-order valence-corrected chi connectivity index (χ3v) is 1.29. The molecule has 0 amide bonds. The average molecular weight is 140 g/mol. The lowest BCUT2D eigenvalue weighted by Crippen LogP contribution is -1.89. The maximum absolute atomic E-state index is 8.66. The lowest BCUT2D eigenvalue weighted by atomic mass is 10.1. The smallest absolute Gasteiger partial charge is 0.0639 e. The normalized spacial score (nSPS) is 16.2. The first kappa shape index (κ1) is 9.44. The Bertz CT molecular complexity index is 134. The van der Waals surface area contributed by atoms with Gasteiger partial charge in [0.25, 0.3) is 0 Å². The summed E-state index contributed by atoms with van der Waals surface area (Å²) in [6.45, 7) is 6.19. The number of hydrogen-bond acceptors (Lipinski definition) is 1. The maximum atomic E-state index is 8.66. The Hall–Kier alpha value is -0.560. The van der Waals surface area contributed by atoms with Gasteiger partial charge in [0.2, 0.25) is 0 Å². The van der Waals surface area contributed by atoms with E-state index in [-0.39, 0.29) is 6.61 Å². The third kappa shape index (κ3) is 4.33. The predicted octanol–water partition coefficient (Wildman–Crippen LogP) is 2.14. The van der Waals surface area contributed by atoms with Crippen molar-refractivity contribution in [2.24, 2.45) is 5.92 Å². The van der Waals surface area contributed by atoms with Crippen molar-refractivity contribution in [3.8, 4) is 0 Å². The molecule has 0 aromatic heterocycles. The highest BCUT2D eigenvalue weighted by atomic mass is 16.3. The molecule has 0 aromatic carbocycles. The first-order chi connectivity index (χ1) is 4.70. The van der Waals surface area contributed by atoms with Gasteiger partial charge in [0, 0.05) is 0 Å². The highest BCUT2D eigenvalue weighted by molar-refractivity contribution is 5.05. The molecule has 10 heavy (non-hydrogen) atoms. The minimum Gasteiger partial charge on any atom is -0.392 e. The molecule has 0 fully saturated rings. The molecule has 1 N–H and O–H groups in total. The highest BCUT2D eigenvalue weighted by Crippen LogP contribution is 2.03. The van der Waals surface area contributed by atoms with E-state index in [1.54, 1.807) is 0 Å². The molecule has 0 radical (unpaired) electrons. The monoisotopic (exact) mass is 140 g/mol. The minimum atomic E-state index is 0.169. The minimum absolute atomic E-state index is 0.169. The van der Waals surface area contributed by atoms with Crippen LogP contribution in [0, 0.1) is 5.92 Å². The van der Waals surface area contributed by atoms with Gasteiger partial charge in [0.05, 0.1) is 6.61 Å². The van der Waals surface area contributed by atoms with E-state index in [9.17, 15) is 0 Å². The van der Waals surface area contributed by atoms with E-state index in [4.69, 9.17) is 5.11 Å². The molecule has 1 nitrogen and oxygen atoms in total. The van der Waals surface area contributed by atoms with Crippen molar-refractivity contribution >= 4 is 0 Å². The predicted molar refractivity (Wildman–Crippen MR) is 44.8 cm³/mol. The summed E-state index contributed by atoms with van der Waals surface area (Å²) in [5.41, 5.74) is 1.03. The standard InChI is InChI=1S/C9H16O/c1-4-5-8(2)6-9(3)7-10/h4-6,8,10H,7H2,1-3H3/b5-4+,9-6+. The van der Waals surface area contributed by atoms with Gasteiger partial charge in [-0.3, -0.25) is 0 Å². The topological polar surface area (TPSA) is 20.2 Å². The fourth-order valence-corrected chi connectivity index (χ4v) is 0.861. The van der Waals surface area contributed by atoms with Gasteiger partial charge in [-0.25, -0.2) is 0 Å². The van der Waals surface area contributed by atoms with E-state index in [0.29, 0.717) is 5.92 Å². The van der Waals surface area contributed by atoms with Crippen molar-refractivity contribution in [1.29, 1.82) is 0 Å². The van der Waals surface area contributed by atoms with Crippen LogP contribution >= 0.6 is 0 Å². The van der Waals surface area contributed by atoms with Crippen LogP contribution in [0.15, 0.2) is 23.8 Å². The number of aliphatic hydroxyl groups excluding tert-OH is 1. The summed E-state index contributed by atoms with van der Waals surface area (Å²) in [7, 11) is 0. The van der Waals surface area contributed by atoms with Crippen LogP contribution in [-0.2, 0) is 0 Å². The van der Waals surface area contributed by atoms with Crippen LogP contribution in [0.5, 0.6) is 0 Å². The van der Waals surface area contributed by atoms with Crippen LogP contribution in [0.25, 0.3) is 0 Å². The number of allylic oxidation sites excluding steroid dienone is 3. The molecule has 0 rings (SSSR count). The fourth-order valence-electron chi connectivity index (χ4n) is 0.861. The summed E-state index contributed by atoms with van der Waals surface area (Å²) >= 11 is 0. The molecule has 0 saturated carbocycles. The van der Waals surface area contributed by atoms with Crippen LogP contribution in [0.2, 0.25) is 0 Å². The van der Waals surface area contributed by atoms with Crippen LogP contribution in [0.1, 0.15) is 20.8 Å². The zero-order valence-electron chi connectivity index (χ0n) is 6.96. The molecular weight excluding hydrogens is 124 g/mol. The van der Waals surface area contributed by atoms with Crippen molar-refractivity contribution in [1.82, 2.24) is 0 Å². The lowest BCUT2D eigenvalue weighted by molar-refractivity contribution is 0.330. The van der Waals surface area contributed by atoms with Gasteiger partial charge < -0.3 is 5.11 Å². The van der Waals surface area contributed by atoms with Crippen molar-refractivity contribution in [2.45, 2.75) is 20.8 Å². The Kier molecular flexibility index (Phi) is 4.95. The summed E-state index contributed by atoms with van der Waals surface area (Å²) < 4.78 is 0. The Balaban J connectivity index is 3.86. The fraction of sp³-hybridized carbons (Fsp3) is 0.556. The van der Waals surface area contributed by atoms with Crippen molar-refractivity contribution in [3.63, 3.8) is 0 Å². The molecule has 1 heteroatoms. The molecule has 0 aliphatic carbocycles. The summed E-state index contributed by atoms with van der Waals surface area (Å²) in [6, 6.07) is 0. The maximum Gasteiger partial charge on any atom is 0.0639 e. The first-order valence-corrected chi connectivity index (χ1v) is 3.61. The highest BCUT2D eigenvalue weighted by Gasteiger charge is 1.90. The van der Waals surface area contributed by atoms with Crippen LogP contribution in [0.4, 0.5) is 0 Å². The molecule has 0 aliphatic rings. The summed E-state index contributed by atoms with van der Waals surface area (Å²) in [5, 5.41) is 8.66. The summed E-state index contributed by atoms with van der Waals surface area (Å²) in [5.74, 6) is 0.442. The van der Waals surface area contributed by atoms with Gasteiger partial charge in [0.1, 0.15) is 0 Å². The molecule has 0 aromatic rings. The van der Waals surface area contributed by atoms with E-state index in [1.807, 2.05) is 19.9 Å². The van der Waals surface area contributed by atoms with Gasteiger partial charge in [0.15, 0.2) is 0 Å². The molecule has 0 spiro atoms. The summed E-state index contributed by atoms with van der Waals surface area (Å²) in [4.78, 5) is 0. The van der Waals surface area contributed by atoms with Crippen LogP contribution < -0.4 is 0 Å². The van der Waals surface area contributed by atoms with Gasteiger partial charge in [-0.2, -0.15) is 0 Å². The molecule has 0 saturated heterocycles. The van der Waals surface area contributed by atoms with Crippen LogP contribution in [-0.4, -0.2) is 11.7 Å². The van der Waals surface area contributed by atoms with E-state index < -0.39 is 0 Å². The largest absolute Gasteiger partial charge is 0.392 e. The van der Waals surface area contributed by atoms with Gasteiger partial charge in [-0.15, -0.1) is 0 Å². The zero-order chi connectivity index (χ0) is 7.98. The molecular formula is C9H16O. The van der Waals surface area contributed by atoms with E-state index in [0.717, 1.165) is 5.57 Å². The Morgan fingerprint density at radius 3 is 2.60 bits per heavy atom. The SMILES string of the molecule is C/C=C/C(C)/C=C(\C)CO. The Labute approximate surface area is 63.1 Å². The second-order valence-electron chi connectivity index (χ2n) is 2.56. The van der Waals surface area contributed by atoms with Crippen molar-refractivity contribution in [2.75, 3.05) is 6.61 Å². The van der Waals surface area contributed by atoms with E-state index in [2.05, 4.69) is 19.1 Å². The molecule has 1 unspecified atom stereocenters. The van der Waals surface area contributed by atoms with Gasteiger partial charge >= 0.3 is 0 Å². The third-order valence-electron chi connectivity index (χ3n) is 1.29. The Morgan fingerprint density at radius 2 is 2.20 bits per heavy atom. The second kappa shape index (κ2) is 5.24. The van der Waals surface area contributed by atoms with E-state index in [1.165, 1.54) is 0 Å². The Morgan fingerprint density at radius 1 is 1.60 bits per heavy atom. The number of rotatable bonds is 3. The van der Waals surface area contributed by atoms with Gasteiger partial charge in [-0.1, -0.05) is 30.7 Å². The lowest BCUT2D eigenvalue weighted by Gasteiger charge is -1.99. The zero-order valence-corrected chi connectivity index (χ0v) is 6.96. The first-order valence-electron chi connectivity index (χ1n) is 3.61. The summed E-state index contributed by atoms with van der Waals surface area (Å²) in [6.07, 6.45) is 6.17. The molecule has 1 atom stereocenters. The molecule has 0 bridgehead atoms. The van der Waals surface area contributed by atoms with Crippen molar-refractivity contribution in [3.05, 3.63) is 23.8 Å². The van der Waals surface area contributed by atoms with Crippen molar-refractivity contribution < 1.29 is 5.11 Å². The molecule has 0 aliphatic heterocycles. The molecule has 58 valence electrons.